The molecule has 2 N–H and O–H groups in total. The van der Waals surface area contributed by atoms with Gasteiger partial charge in [-0.25, -0.2) is 0 Å². The number of nitrogens with two attached hydrogens (primary N) is 1. The van der Waals surface area contributed by atoms with Crippen molar-refractivity contribution in [2.75, 3.05) is 26.2 Å². The average molecular weight is 280 g/mol. The van der Waals surface area contributed by atoms with Gasteiger partial charge in [-0.05, 0) is 57.0 Å². The summed E-state index contributed by atoms with van der Waals surface area (Å²) >= 11 is 0. The summed E-state index contributed by atoms with van der Waals surface area (Å²) in [5.41, 5.74) is 6.19. The Kier molecular flexibility index (Phi) is 4.68. The van der Waals surface area contributed by atoms with Crippen molar-refractivity contribution in [3.63, 3.8) is 0 Å². The lowest BCUT2D eigenvalue weighted by atomic mass is 9.83. The summed E-state index contributed by atoms with van der Waals surface area (Å²) in [5, 5.41) is 0. The number of ether oxygens (including phenoxy) is 1. The summed E-state index contributed by atoms with van der Waals surface area (Å²) in [6, 6.07) is 0. The maximum absolute atomic E-state index is 6.52. The highest BCUT2D eigenvalue weighted by Gasteiger charge is 2.41. The predicted octanol–water partition coefficient (Wildman–Crippen LogP) is 2.79. The molecule has 0 bridgehead atoms. The third-order valence-corrected chi connectivity index (χ3v) is 6.07. The highest BCUT2D eigenvalue weighted by molar-refractivity contribution is 4.92. The summed E-state index contributed by atoms with van der Waals surface area (Å²) in [4.78, 5) is 2.62. The quantitative estimate of drug-likeness (QED) is 0.864. The van der Waals surface area contributed by atoms with Gasteiger partial charge in [-0.1, -0.05) is 26.2 Å². The molecule has 3 aliphatic rings. The van der Waals surface area contributed by atoms with Gasteiger partial charge in [0.2, 0.25) is 0 Å². The Morgan fingerprint density at radius 1 is 1.15 bits per heavy atom. The molecule has 0 aromatic rings. The second-order valence-electron chi connectivity index (χ2n) is 7.54. The van der Waals surface area contributed by atoms with Gasteiger partial charge in [0.05, 0.1) is 11.7 Å². The molecule has 3 unspecified atom stereocenters. The van der Waals surface area contributed by atoms with Gasteiger partial charge in [-0.3, -0.25) is 0 Å². The third-order valence-electron chi connectivity index (χ3n) is 6.07. The van der Waals surface area contributed by atoms with E-state index >= 15 is 0 Å². The molecule has 1 spiro atoms. The zero-order chi connectivity index (χ0) is 14.0. The van der Waals surface area contributed by atoms with Crippen molar-refractivity contribution in [2.24, 2.45) is 17.6 Å². The first-order valence-electron chi connectivity index (χ1n) is 8.81. The van der Waals surface area contributed by atoms with Crippen molar-refractivity contribution in [1.29, 1.82) is 0 Å². The minimum atomic E-state index is 0.277. The fourth-order valence-electron chi connectivity index (χ4n) is 4.57. The van der Waals surface area contributed by atoms with Crippen molar-refractivity contribution < 1.29 is 4.74 Å². The second kappa shape index (κ2) is 6.33. The molecular formula is C17H32N2O. The van der Waals surface area contributed by atoms with Crippen LogP contribution in [0.25, 0.3) is 0 Å². The minimum Gasteiger partial charge on any atom is -0.370 e. The van der Waals surface area contributed by atoms with Crippen LogP contribution in [0.15, 0.2) is 0 Å². The van der Waals surface area contributed by atoms with Crippen LogP contribution in [0.4, 0.5) is 0 Å². The lowest BCUT2D eigenvalue weighted by Crippen LogP contribution is -2.45. The molecule has 0 aromatic carbocycles. The SMILES string of the molecule is CC1CCN(CC2CCC3(CCCCC3)O2)CC1CN. The Morgan fingerprint density at radius 2 is 1.95 bits per heavy atom. The van der Waals surface area contributed by atoms with E-state index in [0.717, 1.165) is 19.0 Å². The molecule has 3 atom stereocenters. The molecule has 1 saturated carbocycles. The molecule has 3 fully saturated rings. The molecular weight excluding hydrogens is 248 g/mol. The molecule has 2 heterocycles. The second-order valence-corrected chi connectivity index (χ2v) is 7.54. The van der Waals surface area contributed by atoms with Crippen molar-refractivity contribution in [3.05, 3.63) is 0 Å². The van der Waals surface area contributed by atoms with Crippen LogP contribution < -0.4 is 5.73 Å². The molecule has 3 nitrogen and oxygen atoms in total. The highest BCUT2D eigenvalue weighted by Crippen LogP contribution is 2.42. The van der Waals surface area contributed by atoms with Gasteiger partial charge in [0.15, 0.2) is 0 Å². The number of hydrogen-bond donors (Lipinski definition) is 1. The van der Waals surface area contributed by atoms with E-state index in [4.69, 9.17) is 10.5 Å². The number of rotatable bonds is 3. The lowest BCUT2D eigenvalue weighted by Gasteiger charge is -2.38. The van der Waals surface area contributed by atoms with E-state index in [-0.39, 0.29) is 5.60 Å². The van der Waals surface area contributed by atoms with Gasteiger partial charge in [0.1, 0.15) is 0 Å². The molecule has 116 valence electrons. The van der Waals surface area contributed by atoms with E-state index in [0.29, 0.717) is 12.0 Å². The van der Waals surface area contributed by atoms with E-state index in [1.807, 2.05) is 0 Å². The normalized spacial score (nSPS) is 38.4. The number of piperidine rings is 1. The van der Waals surface area contributed by atoms with Crippen LogP contribution in [0.1, 0.15) is 58.3 Å². The van der Waals surface area contributed by atoms with Gasteiger partial charge < -0.3 is 15.4 Å². The first kappa shape index (κ1) is 14.8. The maximum atomic E-state index is 6.52. The average Bonchev–Trinajstić information content (AvgIpc) is 2.84. The Bertz CT molecular complexity index is 314. The largest absolute Gasteiger partial charge is 0.370 e. The Balaban J connectivity index is 1.49. The van der Waals surface area contributed by atoms with E-state index in [1.54, 1.807) is 0 Å². The summed E-state index contributed by atoms with van der Waals surface area (Å²) < 4.78 is 6.52. The Hall–Kier alpha value is -0.120. The standard InChI is InChI=1S/C17H32N2O/c1-14-6-10-19(12-15(14)11-18)13-16-5-9-17(20-16)7-3-2-4-8-17/h14-16H,2-13,18H2,1H3. The highest BCUT2D eigenvalue weighted by atomic mass is 16.5. The molecule has 1 aliphatic carbocycles. The Labute approximate surface area is 124 Å². The van der Waals surface area contributed by atoms with E-state index in [2.05, 4.69) is 11.8 Å². The summed E-state index contributed by atoms with van der Waals surface area (Å²) in [7, 11) is 0. The zero-order valence-corrected chi connectivity index (χ0v) is 13.2. The summed E-state index contributed by atoms with van der Waals surface area (Å²) in [5.74, 6) is 1.49. The van der Waals surface area contributed by atoms with Crippen LogP contribution in [-0.4, -0.2) is 42.8 Å². The molecule has 2 saturated heterocycles. The Morgan fingerprint density at radius 3 is 2.70 bits per heavy atom. The van der Waals surface area contributed by atoms with E-state index < -0.39 is 0 Å². The summed E-state index contributed by atoms with van der Waals surface area (Å²) in [6.07, 6.45) is 11.2. The van der Waals surface area contributed by atoms with Crippen molar-refractivity contribution in [1.82, 2.24) is 4.90 Å². The number of hydrogen-bond acceptors (Lipinski definition) is 3. The predicted molar refractivity (Wildman–Crippen MR) is 82.7 cm³/mol. The molecule has 0 aromatic heterocycles. The van der Waals surface area contributed by atoms with Gasteiger partial charge in [0, 0.05) is 13.1 Å². The lowest BCUT2D eigenvalue weighted by molar-refractivity contribution is -0.0752. The van der Waals surface area contributed by atoms with Crippen LogP contribution >= 0.6 is 0 Å². The topological polar surface area (TPSA) is 38.5 Å². The first-order chi connectivity index (χ1) is 9.71. The molecule has 3 rings (SSSR count). The smallest absolute Gasteiger partial charge is 0.0710 e. The third kappa shape index (κ3) is 3.20. The van der Waals surface area contributed by atoms with Crippen LogP contribution in [-0.2, 0) is 4.74 Å². The zero-order valence-electron chi connectivity index (χ0n) is 13.2. The van der Waals surface area contributed by atoms with Crippen LogP contribution in [0.2, 0.25) is 0 Å². The molecule has 0 amide bonds. The van der Waals surface area contributed by atoms with Gasteiger partial charge in [-0.2, -0.15) is 0 Å². The van der Waals surface area contributed by atoms with Crippen molar-refractivity contribution >= 4 is 0 Å². The van der Waals surface area contributed by atoms with Crippen LogP contribution in [0.3, 0.4) is 0 Å². The first-order valence-corrected chi connectivity index (χ1v) is 8.81. The maximum Gasteiger partial charge on any atom is 0.0710 e. The van der Waals surface area contributed by atoms with E-state index in [1.165, 1.54) is 64.5 Å². The fraction of sp³-hybridized carbons (Fsp3) is 1.00. The molecule has 0 radical (unpaired) electrons. The summed E-state index contributed by atoms with van der Waals surface area (Å²) in [6.45, 7) is 6.77. The van der Waals surface area contributed by atoms with Crippen LogP contribution in [0.5, 0.6) is 0 Å². The van der Waals surface area contributed by atoms with Gasteiger partial charge in [0.25, 0.3) is 0 Å². The van der Waals surface area contributed by atoms with E-state index in [9.17, 15) is 0 Å². The molecule has 2 aliphatic heterocycles. The molecule has 3 heteroatoms. The number of nitrogens with zero attached hydrogens (tertiary/aromatic N) is 1. The van der Waals surface area contributed by atoms with Crippen molar-refractivity contribution in [3.8, 4) is 0 Å². The van der Waals surface area contributed by atoms with Gasteiger partial charge in [-0.15, -0.1) is 0 Å². The monoisotopic (exact) mass is 280 g/mol. The van der Waals surface area contributed by atoms with Crippen LogP contribution in [0, 0.1) is 11.8 Å². The van der Waals surface area contributed by atoms with Crippen molar-refractivity contribution in [2.45, 2.75) is 70.0 Å². The number of likely N-dealkylation sites (tertiary alicyclic amines) is 1. The van der Waals surface area contributed by atoms with Gasteiger partial charge >= 0.3 is 0 Å². The minimum absolute atomic E-state index is 0.277. The molecule has 20 heavy (non-hydrogen) atoms. The fourth-order valence-corrected chi connectivity index (χ4v) is 4.57.